The van der Waals surface area contributed by atoms with E-state index in [9.17, 15) is 16.8 Å². The lowest BCUT2D eigenvalue weighted by Gasteiger charge is -2.18. The molecule has 43 heavy (non-hydrogen) atoms. The van der Waals surface area contributed by atoms with Crippen LogP contribution >= 0.6 is 0 Å². The third-order valence-corrected chi connectivity index (χ3v) is 10.8. The van der Waals surface area contributed by atoms with Gasteiger partial charge in [0.15, 0.2) is 23.0 Å². The first kappa shape index (κ1) is 27.7. The van der Waals surface area contributed by atoms with Crippen molar-refractivity contribution in [2.45, 2.75) is 41.1 Å². The standard InChI is InChI=1S/C31H28N2O8S2/c34-42(35,32-17-21-1-11-27-29(15-21)40-19-38-27)25-7-3-23(4-8-25)31(13-14-31)24-5-9-26(10-6-24)43(36,37)33-18-22-2-12-28-30(16-22)41-20-39-28/h1-12,15-16,32-33H,13-14,17-20H2. The summed E-state index contributed by atoms with van der Waals surface area (Å²) in [7, 11) is -7.48. The maximum atomic E-state index is 13.0. The van der Waals surface area contributed by atoms with E-state index in [2.05, 4.69) is 9.44 Å². The number of rotatable bonds is 10. The summed E-state index contributed by atoms with van der Waals surface area (Å²) >= 11 is 0. The Kier molecular flexibility index (Phi) is 6.81. The number of hydrogen-bond acceptors (Lipinski definition) is 8. The summed E-state index contributed by atoms with van der Waals surface area (Å²) < 4.78 is 78.5. The number of sulfonamides is 2. The number of ether oxygens (including phenoxy) is 4. The van der Waals surface area contributed by atoms with Crippen LogP contribution in [0.4, 0.5) is 0 Å². The van der Waals surface area contributed by atoms with Crippen molar-refractivity contribution in [1.82, 2.24) is 9.44 Å². The average molecular weight is 621 g/mol. The minimum atomic E-state index is -3.74. The summed E-state index contributed by atoms with van der Waals surface area (Å²) in [6.07, 6.45) is 1.77. The fourth-order valence-electron chi connectivity index (χ4n) is 5.40. The second-order valence-electron chi connectivity index (χ2n) is 10.7. The van der Waals surface area contributed by atoms with Crippen molar-refractivity contribution >= 4 is 20.0 Å². The van der Waals surface area contributed by atoms with E-state index in [1.54, 1.807) is 60.7 Å². The molecule has 0 atom stereocenters. The molecule has 0 aromatic heterocycles. The summed E-state index contributed by atoms with van der Waals surface area (Å²) in [6.45, 7) is 0.543. The molecule has 0 bridgehead atoms. The number of hydrogen-bond donors (Lipinski definition) is 2. The Hall–Kier alpha value is -4.10. The molecule has 1 fully saturated rings. The predicted octanol–water partition coefficient (Wildman–Crippen LogP) is 4.18. The highest BCUT2D eigenvalue weighted by Gasteiger charge is 2.45. The smallest absolute Gasteiger partial charge is 0.240 e. The van der Waals surface area contributed by atoms with Crippen LogP contribution < -0.4 is 28.4 Å². The normalized spacial score (nSPS) is 16.3. The van der Waals surface area contributed by atoms with Gasteiger partial charge in [-0.3, -0.25) is 0 Å². The molecule has 0 saturated heterocycles. The summed E-state index contributed by atoms with van der Waals surface area (Å²) in [5.41, 5.74) is 3.21. The van der Waals surface area contributed by atoms with Gasteiger partial charge in [0.05, 0.1) is 9.79 Å². The van der Waals surface area contributed by atoms with Crippen molar-refractivity contribution in [2.75, 3.05) is 13.6 Å². The molecule has 2 heterocycles. The zero-order valence-corrected chi connectivity index (χ0v) is 24.5. The van der Waals surface area contributed by atoms with Crippen LogP contribution in [-0.4, -0.2) is 30.4 Å². The Morgan fingerprint density at radius 1 is 0.535 bits per heavy atom. The van der Waals surface area contributed by atoms with Gasteiger partial charge < -0.3 is 18.9 Å². The zero-order valence-electron chi connectivity index (χ0n) is 22.9. The van der Waals surface area contributed by atoms with E-state index < -0.39 is 20.0 Å². The van der Waals surface area contributed by atoms with Gasteiger partial charge in [0.2, 0.25) is 33.6 Å². The van der Waals surface area contributed by atoms with E-state index >= 15 is 0 Å². The van der Waals surface area contributed by atoms with Crippen molar-refractivity contribution in [3.05, 3.63) is 107 Å². The van der Waals surface area contributed by atoms with Crippen LogP contribution in [0.25, 0.3) is 0 Å². The molecule has 0 radical (unpaired) electrons. The molecule has 0 amide bonds. The molecule has 222 valence electrons. The van der Waals surface area contributed by atoms with E-state index in [1.807, 2.05) is 24.3 Å². The zero-order chi connectivity index (χ0) is 29.7. The van der Waals surface area contributed by atoms with Crippen LogP contribution in [0.2, 0.25) is 0 Å². The SMILES string of the molecule is O=S(=O)(NCc1ccc2c(c1)OCO2)c1ccc(C2(c3ccc(S(=O)(=O)NCc4ccc5c(c4)OCO5)cc3)CC2)cc1. The van der Waals surface area contributed by atoms with Gasteiger partial charge in [0.25, 0.3) is 0 Å². The predicted molar refractivity (Wildman–Crippen MR) is 156 cm³/mol. The Morgan fingerprint density at radius 2 is 0.930 bits per heavy atom. The monoisotopic (exact) mass is 620 g/mol. The van der Waals surface area contributed by atoms with Gasteiger partial charge in [0.1, 0.15) is 0 Å². The molecule has 2 N–H and O–H groups in total. The Morgan fingerprint density at radius 3 is 1.33 bits per heavy atom. The quantitative estimate of drug-likeness (QED) is 0.270. The van der Waals surface area contributed by atoms with Gasteiger partial charge in [-0.25, -0.2) is 26.3 Å². The molecule has 4 aromatic carbocycles. The fourth-order valence-corrected chi connectivity index (χ4v) is 7.44. The first-order valence-electron chi connectivity index (χ1n) is 13.7. The second-order valence-corrected chi connectivity index (χ2v) is 14.2. The lowest BCUT2D eigenvalue weighted by atomic mass is 9.88. The third-order valence-electron chi connectivity index (χ3n) is 7.99. The van der Waals surface area contributed by atoms with Gasteiger partial charge in [-0.1, -0.05) is 36.4 Å². The average Bonchev–Trinajstić information content (AvgIpc) is 3.46. The molecule has 0 unspecified atom stereocenters. The molecule has 0 spiro atoms. The molecule has 7 rings (SSSR count). The largest absolute Gasteiger partial charge is 0.454 e. The highest BCUT2D eigenvalue weighted by molar-refractivity contribution is 7.89. The van der Waals surface area contributed by atoms with E-state index in [4.69, 9.17) is 18.9 Å². The fraction of sp³-hybridized carbons (Fsp3) is 0.226. The van der Waals surface area contributed by atoms with E-state index in [0.717, 1.165) is 35.1 Å². The van der Waals surface area contributed by atoms with E-state index in [1.165, 1.54) is 0 Å². The first-order valence-corrected chi connectivity index (χ1v) is 16.7. The second kappa shape index (κ2) is 10.6. The molecule has 1 aliphatic carbocycles. The van der Waals surface area contributed by atoms with Gasteiger partial charge >= 0.3 is 0 Å². The van der Waals surface area contributed by atoms with Crippen LogP contribution in [-0.2, 0) is 38.6 Å². The van der Waals surface area contributed by atoms with Gasteiger partial charge in [-0.2, -0.15) is 0 Å². The summed E-state index contributed by atoms with van der Waals surface area (Å²) in [4.78, 5) is 0.338. The molecular weight excluding hydrogens is 592 g/mol. The van der Waals surface area contributed by atoms with Crippen molar-refractivity contribution in [2.24, 2.45) is 0 Å². The first-order chi connectivity index (χ1) is 20.7. The maximum Gasteiger partial charge on any atom is 0.240 e. The van der Waals surface area contributed by atoms with E-state index in [0.29, 0.717) is 23.0 Å². The van der Waals surface area contributed by atoms with Gasteiger partial charge in [-0.05, 0) is 83.6 Å². The topological polar surface area (TPSA) is 129 Å². The molecule has 12 heteroatoms. The van der Waals surface area contributed by atoms with Crippen LogP contribution in [0.5, 0.6) is 23.0 Å². The van der Waals surface area contributed by atoms with Crippen molar-refractivity contribution < 1.29 is 35.8 Å². The van der Waals surface area contributed by atoms with Gasteiger partial charge in [-0.15, -0.1) is 0 Å². The minimum Gasteiger partial charge on any atom is -0.454 e. The van der Waals surface area contributed by atoms with Crippen molar-refractivity contribution in [3.8, 4) is 23.0 Å². The summed E-state index contributed by atoms with van der Waals surface area (Å²) in [6, 6.07) is 24.4. The van der Waals surface area contributed by atoms with Crippen LogP contribution in [0, 0.1) is 0 Å². The van der Waals surface area contributed by atoms with Crippen LogP contribution in [0.3, 0.4) is 0 Å². The number of benzene rings is 4. The van der Waals surface area contributed by atoms with Gasteiger partial charge in [0, 0.05) is 18.5 Å². The van der Waals surface area contributed by atoms with Crippen LogP contribution in [0.15, 0.2) is 94.7 Å². The number of nitrogens with one attached hydrogen (secondary N) is 2. The molecule has 4 aromatic rings. The molecule has 10 nitrogen and oxygen atoms in total. The molecule has 2 aliphatic heterocycles. The van der Waals surface area contributed by atoms with E-state index in [-0.39, 0.29) is 41.9 Å². The number of fused-ring (bicyclic) bond motifs is 2. The van der Waals surface area contributed by atoms with Crippen LogP contribution in [0.1, 0.15) is 35.1 Å². The molecule has 1 saturated carbocycles. The summed E-state index contributed by atoms with van der Waals surface area (Å²) in [5, 5.41) is 0. The Balaban J connectivity index is 1.01. The highest BCUT2D eigenvalue weighted by Crippen LogP contribution is 2.53. The maximum absolute atomic E-state index is 13.0. The molecular formula is C31H28N2O8S2. The Labute approximate surface area is 249 Å². The summed E-state index contributed by atoms with van der Waals surface area (Å²) in [5.74, 6) is 2.47. The highest BCUT2D eigenvalue weighted by atomic mass is 32.2. The lowest BCUT2D eigenvalue weighted by Crippen LogP contribution is -2.23. The Bertz CT molecular complexity index is 1770. The third kappa shape index (κ3) is 5.42. The minimum absolute atomic E-state index is 0.117. The van der Waals surface area contributed by atoms with Crippen molar-refractivity contribution in [3.63, 3.8) is 0 Å². The lowest BCUT2D eigenvalue weighted by molar-refractivity contribution is 0.173. The van der Waals surface area contributed by atoms with Crippen molar-refractivity contribution in [1.29, 1.82) is 0 Å². The molecule has 3 aliphatic rings.